The van der Waals surface area contributed by atoms with E-state index in [2.05, 4.69) is 47.1 Å². The van der Waals surface area contributed by atoms with Crippen molar-refractivity contribution in [1.29, 1.82) is 0 Å². The molecule has 0 N–H and O–H groups in total. The van der Waals surface area contributed by atoms with Crippen LogP contribution >= 0.6 is 11.6 Å². The quantitative estimate of drug-likeness (QED) is 0.436. The highest BCUT2D eigenvalue weighted by atomic mass is 35.5. The van der Waals surface area contributed by atoms with Gasteiger partial charge >= 0.3 is 0 Å². The number of benzene rings is 2. The third kappa shape index (κ3) is 6.35. The van der Waals surface area contributed by atoms with Gasteiger partial charge in [0, 0.05) is 38.9 Å². The van der Waals surface area contributed by atoms with E-state index in [0.717, 1.165) is 36.5 Å². The summed E-state index contributed by atoms with van der Waals surface area (Å²) in [6.07, 6.45) is 1.42. The molecule has 1 amide bonds. The average molecular weight is 480 g/mol. The van der Waals surface area contributed by atoms with Crippen LogP contribution in [0.1, 0.15) is 33.2 Å². The molecule has 1 aliphatic heterocycles. The second-order valence-electron chi connectivity index (χ2n) is 8.52. The van der Waals surface area contributed by atoms with Crippen LogP contribution in [0.4, 0.5) is 0 Å². The van der Waals surface area contributed by atoms with Crippen LogP contribution in [0.15, 0.2) is 66.9 Å². The van der Waals surface area contributed by atoms with Gasteiger partial charge in [0.1, 0.15) is 10.9 Å². The number of halogens is 1. The van der Waals surface area contributed by atoms with Crippen LogP contribution in [0.3, 0.4) is 0 Å². The Hall–Kier alpha value is -2.93. The second kappa shape index (κ2) is 11.5. The van der Waals surface area contributed by atoms with Gasteiger partial charge in [-0.05, 0) is 42.3 Å². The van der Waals surface area contributed by atoms with Crippen LogP contribution in [0.2, 0.25) is 5.15 Å². The Kier molecular flexibility index (Phi) is 8.16. The number of aryl methyl sites for hydroxylation is 1. The Balaban J connectivity index is 1.40. The van der Waals surface area contributed by atoms with Crippen molar-refractivity contribution in [2.75, 3.05) is 39.8 Å². The van der Waals surface area contributed by atoms with E-state index in [4.69, 9.17) is 21.1 Å². The smallest absolute Gasteiger partial charge is 0.255 e. The lowest BCUT2D eigenvalue weighted by atomic mass is 10.1. The Morgan fingerprint density at radius 3 is 2.50 bits per heavy atom. The lowest BCUT2D eigenvalue weighted by Crippen LogP contribution is -2.49. The number of piperazine rings is 1. The summed E-state index contributed by atoms with van der Waals surface area (Å²) in [6.45, 7) is 6.22. The fraction of sp³-hybridized carbons (Fsp3) is 0.333. The Morgan fingerprint density at radius 1 is 1.06 bits per heavy atom. The number of ether oxygens (including phenoxy) is 2. The molecule has 1 saturated heterocycles. The molecule has 1 fully saturated rings. The molecule has 7 heteroatoms. The molecule has 0 bridgehead atoms. The highest BCUT2D eigenvalue weighted by Crippen LogP contribution is 2.25. The van der Waals surface area contributed by atoms with Crippen molar-refractivity contribution < 1.29 is 14.3 Å². The zero-order valence-electron chi connectivity index (χ0n) is 19.6. The molecule has 178 valence electrons. The Bertz CT molecular complexity index is 1080. The fourth-order valence-electron chi connectivity index (χ4n) is 4.03. The minimum absolute atomic E-state index is 0.0104. The minimum atomic E-state index is -0.112. The van der Waals surface area contributed by atoms with Crippen molar-refractivity contribution in [2.24, 2.45) is 0 Å². The van der Waals surface area contributed by atoms with E-state index in [1.165, 1.54) is 11.8 Å². The van der Waals surface area contributed by atoms with E-state index < -0.39 is 0 Å². The van der Waals surface area contributed by atoms with Crippen molar-refractivity contribution in [2.45, 2.75) is 19.6 Å². The third-order valence-corrected chi connectivity index (χ3v) is 6.32. The predicted molar refractivity (Wildman–Crippen MR) is 133 cm³/mol. The molecule has 0 spiro atoms. The number of amides is 1. The highest BCUT2D eigenvalue weighted by Gasteiger charge is 2.25. The molecule has 0 aliphatic carbocycles. The first-order chi connectivity index (χ1) is 16.5. The van der Waals surface area contributed by atoms with Gasteiger partial charge in [-0.15, -0.1) is 0 Å². The number of rotatable bonds is 8. The van der Waals surface area contributed by atoms with E-state index in [1.54, 1.807) is 19.2 Å². The molecule has 6 nitrogen and oxygen atoms in total. The van der Waals surface area contributed by atoms with E-state index in [9.17, 15) is 4.79 Å². The van der Waals surface area contributed by atoms with E-state index in [-0.39, 0.29) is 12.0 Å². The number of methoxy groups -OCH3 is 1. The summed E-state index contributed by atoms with van der Waals surface area (Å²) in [5.41, 5.74) is 4.02. The Labute approximate surface area is 206 Å². The number of hydrogen-bond donors (Lipinski definition) is 0. The van der Waals surface area contributed by atoms with E-state index in [1.807, 2.05) is 23.1 Å². The average Bonchev–Trinajstić information content (AvgIpc) is 2.88. The number of carbonyl (C=O) groups is 1. The molecule has 2 heterocycles. The third-order valence-electron chi connectivity index (χ3n) is 6.10. The summed E-state index contributed by atoms with van der Waals surface area (Å²) in [4.78, 5) is 21.0. The van der Waals surface area contributed by atoms with Crippen molar-refractivity contribution >= 4 is 17.5 Å². The number of hydrogen-bond acceptors (Lipinski definition) is 5. The lowest BCUT2D eigenvalue weighted by Gasteiger charge is -2.36. The number of nitrogens with zero attached hydrogens (tertiary/aromatic N) is 3. The van der Waals surface area contributed by atoms with Crippen molar-refractivity contribution in [3.8, 4) is 5.75 Å². The zero-order valence-corrected chi connectivity index (χ0v) is 20.4. The molecule has 3 aromatic rings. The summed E-state index contributed by atoms with van der Waals surface area (Å²) >= 11 is 5.85. The van der Waals surface area contributed by atoms with Crippen LogP contribution in [0.25, 0.3) is 0 Å². The largest absolute Gasteiger partial charge is 0.497 e. The molecule has 2 aromatic carbocycles. The van der Waals surface area contributed by atoms with Gasteiger partial charge in [-0.2, -0.15) is 0 Å². The van der Waals surface area contributed by atoms with Gasteiger partial charge in [0.25, 0.3) is 5.91 Å². The molecule has 0 radical (unpaired) electrons. The van der Waals surface area contributed by atoms with Crippen LogP contribution < -0.4 is 4.74 Å². The summed E-state index contributed by atoms with van der Waals surface area (Å²) < 4.78 is 11.8. The molecular weight excluding hydrogens is 450 g/mol. The maximum absolute atomic E-state index is 12.8. The van der Waals surface area contributed by atoms with Crippen LogP contribution in [0, 0.1) is 6.92 Å². The van der Waals surface area contributed by atoms with Crippen molar-refractivity contribution in [3.05, 3.63) is 94.3 Å². The second-order valence-corrected chi connectivity index (χ2v) is 8.91. The van der Waals surface area contributed by atoms with Gasteiger partial charge in [0.05, 0.1) is 25.4 Å². The highest BCUT2D eigenvalue weighted by molar-refractivity contribution is 6.29. The predicted octanol–water partition coefficient (Wildman–Crippen LogP) is 4.77. The maximum Gasteiger partial charge on any atom is 0.255 e. The van der Waals surface area contributed by atoms with Gasteiger partial charge in [0.2, 0.25) is 0 Å². The van der Waals surface area contributed by atoms with Gasteiger partial charge < -0.3 is 14.4 Å². The minimum Gasteiger partial charge on any atom is -0.497 e. The normalized spacial score (nSPS) is 15.2. The standard InChI is InChI=1S/C27H30ClN3O3/c1-20-6-8-21(9-7-20)19-34-25(22-4-3-5-24(16-22)33-2)18-30-12-14-31(15-13-30)27(32)23-10-11-26(28)29-17-23/h3-11,16-17,25H,12-15,18-19H2,1-2H3. The molecule has 0 saturated carbocycles. The maximum atomic E-state index is 12.8. The Morgan fingerprint density at radius 2 is 1.82 bits per heavy atom. The number of pyridine rings is 1. The lowest BCUT2D eigenvalue weighted by molar-refractivity contribution is 0.00333. The fourth-order valence-corrected chi connectivity index (χ4v) is 4.14. The zero-order chi connectivity index (χ0) is 23.9. The van der Waals surface area contributed by atoms with E-state index >= 15 is 0 Å². The van der Waals surface area contributed by atoms with Gasteiger partial charge in [-0.1, -0.05) is 53.6 Å². The first kappa shape index (κ1) is 24.2. The van der Waals surface area contributed by atoms with Gasteiger partial charge in [-0.3, -0.25) is 9.69 Å². The molecule has 1 atom stereocenters. The van der Waals surface area contributed by atoms with Gasteiger partial charge in [0.15, 0.2) is 0 Å². The first-order valence-corrected chi connectivity index (χ1v) is 11.8. The molecule has 34 heavy (non-hydrogen) atoms. The molecule has 1 aliphatic rings. The summed E-state index contributed by atoms with van der Waals surface area (Å²) in [7, 11) is 1.67. The van der Waals surface area contributed by atoms with Crippen molar-refractivity contribution in [3.63, 3.8) is 0 Å². The number of aromatic nitrogens is 1. The van der Waals surface area contributed by atoms with Crippen LogP contribution in [-0.2, 0) is 11.3 Å². The summed E-state index contributed by atoms with van der Waals surface area (Å²) in [5.74, 6) is 0.803. The first-order valence-electron chi connectivity index (χ1n) is 11.5. The monoisotopic (exact) mass is 479 g/mol. The van der Waals surface area contributed by atoms with Gasteiger partial charge in [-0.25, -0.2) is 4.98 Å². The van der Waals surface area contributed by atoms with E-state index in [0.29, 0.717) is 30.4 Å². The summed E-state index contributed by atoms with van der Waals surface area (Å²) in [6, 6.07) is 19.8. The number of carbonyl (C=O) groups excluding carboxylic acids is 1. The molecule has 1 aromatic heterocycles. The molecule has 4 rings (SSSR count). The van der Waals surface area contributed by atoms with Crippen LogP contribution in [0.5, 0.6) is 5.75 Å². The van der Waals surface area contributed by atoms with Crippen LogP contribution in [-0.4, -0.2) is 60.5 Å². The summed E-state index contributed by atoms with van der Waals surface area (Å²) in [5, 5.41) is 0.385. The molecule has 1 unspecified atom stereocenters. The topological polar surface area (TPSA) is 54.9 Å². The van der Waals surface area contributed by atoms with Crippen molar-refractivity contribution in [1.82, 2.24) is 14.8 Å². The molecular formula is C27H30ClN3O3. The SMILES string of the molecule is COc1cccc(C(CN2CCN(C(=O)c3ccc(Cl)nc3)CC2)OCc2ccc(C)cc2)c1.